The molecule has 0 unspecified atom stereocenters. The van der Waals surface area contributed by atoms with E-state index in [1.807, 2.05) is 0 Å². The first-order chi connectivity index (χ1) is 10.8. The molecule has 1 N–H and O–H groups in total. The number of carbonyl (C=O) groups is 1. The zero-order valence-electron chi connectivity index (χ0n) is 11.5. The van der Waals surface area contributed by atoms with Crippen LogP contribution in [-0.2, 0) is 11.0 Å². The second-order valence-electron chi connectivity index (χ2n) is 4.48. The van der Waals surface area contributed by atoms with Crippen LogP contribution in [0.15, 0.2) is 42.5 Å². The zero-order valence-corrected chi connectivity index (χ0v) is 13.0. The van der Waals surface area contributed by atoms with Crippen molar-refractivity contribution in [1.29, 1.82) is 0 Å². The molecule has 2 aromatic rings. The Hall–Kier alpha value is -1.92. The van der Waals surface area contributed by atoms with Crippen molar-refractivity contribution in [2.75, 3.05) is 11.9 Å². The van der Waals surface area contributed by atoms with Crippen molar-refractivity contribution in [3.8, 4) is 5.75 Å². The number of nitrogens with one attached hydrogen (secondary N) is 1. The van der Waals surface area contributed by atoms with E-state index in [1.165, 1.54) is 0 Å². The van der Waals surface area contributed by atoms with Crippen LogP contribution >= 0.6 is 23.2 Å². The Balaban J connectivity index is 1.96. The van der Waals surface area contributed by atoms with Crippen LogP contribution in [0.2, 0.25) is 10.0 Å². The van der Waals surface area contributed by atoms with E-state index in [0.717, 1.165) is 18.2 Å². The Morgan fingerprint density at radius 2 is 1.74 bits per heavy atom. The second kappa shape index (κ2) is 7.10. The Morgan fingerprint density at radius 1 is 1.09 bits per heavy atom. The van der Waals surface area contributed by atoms with Crippen molar-refractivity contribution in [3.63, 3.8) is 0 Å². The molecule has 0 aliphatic carbocycles. The van der Waals surface area contributed by atoms with Crippen molar-refractivity contribution in [2.45, 2.75) is 6.18 Å². The highest BCUT2D eigenvalue weighted by molar-refractivity contribution is 6.33. The molecule has 122 valence electrons. The fourth-order valence-electron chi connectivity index (χ4n) is 1.66. The van der Waals surface area contributed by atoms with Gasteiger partial charge in [0, 0.05) is 5.02 Å². The number of carbonyl (C=O) groups excluding carboxylic acids is 1. The molecule has 3 nitrogen and oxygen atoms in total. The van der Waals surface area contributed by atoms with Gasteiger partial charge < -0.3 is 10.1 Å². The Bertz CT molecular complexity index is 703. The lowest BCUT2D eigenvalue weighted by Gasteiger charge is -2.11. The molecule has 0 heterocycles. The molecule has 0 saturated carbocycles. The van der Waals surface area contributed by atoms with E-state index in [4.69, 9.17) is 27.9 Å². The van der Waals surface area contributed by atoms with E-state index in [-0.39, 0.29) is 17.3 Å². The molecule has 0 spiro atoms. The minimum absolute atomic E-state index is 0.0735. The summed E-state index contributed by atoms with van der Waals surface area (Å²) in [6.07, 6.45) is -4.50. The third-order valence-corrected chi connectivity index (χ3v) is 3.32. The number of hydrogen-bond donors (Lipinski definition) is 1. The van der Waals surface area contributed by atoms with Gasteiger partial charge in [-0.1, -0.05) is 23.2 Å². The highest BCUT2D eigenvalue weighted by atomic mass is 35.5. The molecule has 0 aromatic heterocycles. The van der Waals surface area contributed by atoms with Gasteiger partial charge in [-0.3, -0.25) is 4.79 Å². The molecule has 0 atom stereocenters. The maximum Gasteiger partial charge on any atom is 0.416 e. The van der Waals surface area contributed by atoms with Gasteiger partial charge in [-0.25, -0.2) is 0 Å². The molecule has 0 fully saturated rings. The largest absolute Gasteiger partial charge is 0.484 e. The van der Waals surface area contributed by atoms with Crippen LogP contribution in [0.1, 0.15) is 5.56 Å². The summed E-state index contributed by atoms with van der Waals surface area (Å²) in [6, 6.07) is 9.04. The van der Waals surface area contributed by atoms with Crippen LogP contribution in [0.4, 0.5) is 18.9 Å². The first-order valence-electron chi connectivity index (χ1n) is 6.30. The molecular weight excluding hydrogens is 354 g/mol. The number of rotatable bonds is 4. The monoisotopic (exact) mass is 363 g/mol. The topological polar surface area (TPSA) is 38.3 Å². The van der Waals surface area contributed by atoms with Crippen molar-refractivity contribution in [1.82, 2.24) is 0 Å². The highest BCUT2D eigenvalue weighted by Crippen LogP contribution is 2.33. The van der Waals surface area contributed by atoms with Crippen LogP contribution in [0.5, 0.6) is 5.75 Å². The molecular formula is C15H10Cl2F3NO2. The number of ether oxygens (including phenoxy) is 1. The van der Waals surface area contributed by atoms with Gasteiger partial charge in [-0.15, -0.1) is 0 Å². The lowest BCUT2D eigenvalue weighted by atomic mass is 10.2. The van der Waals surface area contributed by atoms with Gasteiger partial charge in [0.1, 0.15) is 5.75 Å². The summed E-state index contributed by atoms with van der Waals surface area (Å²) >= 11 is 11.5. The molecule has 0 aliphatic rings. The zero-order chi connectivity index (χ0) is 17.0. The predicted molar refractivity (Wildman–Crippen MR) is 82.0 cm³/mol. The molecule has 0 radical (unpaired) electrons. The van der Waals surface area contributed by atoms with E-state index in [1.54, 1.807) is 24.3 Å². The lowest BCUT2D eigenvalue weighted by Crippen LogP contribution is -2.20. The minimum Gasteiger partial charge on any atom is -0.484 e. The normalized spacial score (nSPS) is 11.2. The molecule has 2 aromatic carbocycles. The average Bonchev–Trinajstić information content (AvgIpc) is 2.48. The summed E-state index contributed by atoms with van der Waals surface area (Å²) in [7, 11) is 0. The molecule has 8 heteroatoms. The number of benzene rings is 2. The van der Waals surface area contributed by atoms with Crippen molar-refractivity contribution in [3.05, 3.63) is 58.1 Å². The Labute approximate surface area is 140 Å². The number of anilines is 1. The minimum atomic E-state index is -4.50. The first-order valence-corrected chi connectivity index (χ1v) is 7.06. The summed E-state index contributed by atoms with van der Waals surface area (Å²) < 4.78 is 42.8. The lowest BCUT2D eigenvalue weighted by molar-refractivity contribution is -0.137. The van der Waals surface area contributed by atoms with Crippen molar-refractivity contribution in [2.24, 2.45) is 0 Å². The Morgan fingerprint density at radius 3 is 2.30 bits per heavy atom. The third kappa shape index (κ3) is 5.04. The average molecular weight is 364 g/mol. The Kier molecular flexibility index (Phi) is 5.38. The number of alkyl halides is 3. The van der Waals surface area contributed by atoms with E-state index in [2.05, 4.69) is 5.32 Å². The van der Waals surface area contributed by atoms with Crippen LogP contribution in [-0.4, -0.2) is 12.5 Å². The molecule has 0 bridgehead atoms. The van der Waals surface area contributed by atoms with E-state index in [9.17, 15) is 18.0 Å². The van der Waals surface area contributed by atoms with Crippen molar-refractivity contribution >= 4 is 34.8 Å². The molecule has 0 saturated heterocycles. The van der Waals surface area contributed by atoms with Crippen molar-refractivity contribution < 1.29 is 22.7 Å². The number of hydrogen-bond acceptors (Lipinski definition) is 2. The van der Waals surface area contributed by atoms with Gasteiger partial charge in [0.2, 0.25) is 0 Å². The van der Waals surface area contributed by atoms with Crippen LogP contribution < -0.4 is 10.1 Å². The third-order valence-electron chi connectivity index (χ3n) is 2.75. The number of halogens is 5. The second-order valence-corrected chi connectivity index (χ2v) is 5.33. The molecule has 2 rings (SSSR count). The van der Waals surface area contributed by atoms with Gasteiger partial charge in [0.15, 0.2) is 6.61 Å². The summed E-state index contributed by atoms with van der Waals surface area (Å²) in [5.74, 6) is -0.121. The molecule has 0 aliphatic heterocycles. The summed E-state index contributed by atoms with van der Waals surface area (Å²) in [4.78, 5) is 11.7. The van der Waals surface area contributed by atoms with Gasteiger partial charge in [-0.2, -0.15) is 13.2 Å². The first kappa shape index (κ1) is 17.4. The van der Waals surface area contributed by atoms with Gasteiger partial charge in [0.05, 0.1) is 16.3 Å². The van der Waals surface area contributed by atoms with Gasteiger partial charge in [0.25, 0.3) is 5.91 Å². The quantitative estimate of drug-likeness (QED) is 0.827. The number of amides is 1. The summed E-state index contributed by atoms with van der Waals surface area (Å²) in [6.45, 7) is -0.320. The van der Waals surface area contributed by atoms with E-state index >= 15 is 0 Å². The fraction of sp³-hybridized carbons (Fsp3) is 0.133. The fourth-order valence-corrected chi connectivity index (χ4v) is 2.01. The van der Waals surface area contributed by atoms with E-state index in [0.29, 0.717) is 10.8 Å². The predicted octanol–water partition coefficient (Wildman–Crippen LogP) is 5.03. The summed E-state index contributed by atoms with van der Waals surface area (Å²) in [5.41, 5.74) is -0.817. The molecule has 23 heavy (non-hydrogen) atoms. The SMILES string of the molecule is O=C(COc1ccc(Cl)cc1)Nc1ccc(C(F)(F)F)cc1Cl. The standard InChI is InChI=1S/C15H10Cl2F3NO2/c16-10-2-4-11(5-3-10)23-8-14(22)21-13-6-1-9(7-12(13)17)15(18,19)20/h1-7H,8H2,(H,21,22). The van der Waals surface area contributed by atoms with Crippen LogP contribution in [0, 0.1) is 0 Å². The van der Waals surface area contributed by atoms with Gasteiger partial charge in [-0.05, 0) is 42.5 Å². The van der Waals surface area contributed by atoms with Crippen LogP contribution in [0.25, 0.3) is 0 Å². The highest BCUT2D eigenvalue weighted by Gasteiger charge is 2.30. The van der Waals surface area contributed by atoms with Crippen LogP contribution in [0.3, 0.4) is 0 Å². The smallest absolute Gasteiger partial charge is 0.416 e. The van der Waals surface area contributed by atoms with Gasteiger partial charge >= 0.3 is 6.18 Å². The van der Waals surface area contributed by atoms with E-state index < -0.39 is 17.6 Å². The summed E-state index contributed by atoms with van der Waals surface area (Å²) in [5, 5.41) is 2.70. The maximum absolute atomic E-state index is 12.5. The molecule has 1 amide bonds. The maximum atomic E-state index is 12.5.